The molecule has 0 saturated carbocycles. The summed E-state index contributed by atoms with van der Waals surface area (Å²) in [6.07, 6.45) is 0.682. The van der Waals surface area contributed by atoms with Crippen LogP contribution in [0.4, 0.5) is 0 Å². The minimum absolute atomic E-state index is 0.0178. The third-order valence-corrected chi connectivity index (χ3v) is 3.64. The molecular weight excluding hydrogens is 202 g/mol. The van der Waals surface area contributed by atoms with Crippen molar-refractivity contribution in [1.29, 1.82) is 0 Å². The predicted molar refractivity (Wildman–Crippen MR) is 66.4 cm³/mol. The van der Waals surface area contributed by atoms with Crippen molar-refractivity contribution in [1.82, 2.24) is 15.1 Å². The van der Waals surface area contributed by atoms with E-state index in [-0.39, 0.29) is 5.54 Å². The van der Waals surface area contributed by atoms with Gasteiger partial charge in [0.15, 0.2) is 0 Å². The Kier molecular flexibility index (Phi) is 4.33. The van der Waals surface area contributed by atoms with E-state index in [4.69, 9.17) is 0 Å². The predicted octanol–water partition coefficient (Wildman–Crippen LogP) is 0.395. The summed E-state index contributed by atoms with van der Waals surface area (Å²) in [6, 6.07) is 0. The van der Waals surface area contributed by atoms with E-state index in [2.05, 4.69) is 24.1 Å². The molecule has 0 bridgehead atoms. The molecule has 16 heavy (non-hydrogen) atoms. The molecule has 1 aliphatic rings. The van der Waals surface area contributed by atoms with Gasteiger partial charge in [-0.3, -0.25) is 4.79 Å². The van der Waals surface area contributed by atoms with Gasteiger partial charge in [-0.25, -0.2) is 0 Å². The van der Waals surface area contributed by atoms with E-state index in [1.54, 1.807) is 0 Å². The second-order valence-electron chi connectivity index (χ2n) is 5.46. The Morgan fingerprint density at radius 3 is 2.62 bits per heavy atom. The van der Waals surface area contributed by atoms with Crippen molar-refractivity contribution in [3.63, 3.8) is 0 Å². The fourth-order valence-electron chi connectivity index (χ4n) is 2.39. The first-order valence-electron chi connectivity index (χ1n) is 5.99. The van der Waals surface area contributed by atoms with Crippen LogP contribution in [0.25, 0.3) is 0 Å². The number of hydrogen-bond donors (Lipinski definition) is 1. The third kappa shape index (κ3) is 2.74. The SMILES string of the molecule is CNCC1CC(=O)N(CCN(C)C)C1(C)C. The lowest BCUT2D eigenvalue weighted by Gasteiger charge is -2.36. The number of hydrogen-bond acceptors (Lipinski definition) is 3. The maximum absolute atomic E-state index is 12.0. The first-order valence-corrected chi connectivity index (χ1v) is 5.99. The monoisotopic (exact) mass is 227 g/mol. The van der Waals surface area contributed by atoms with Crippen LogP contribution in [0.1, 0.15) is 20.3 Å². The van der Waals surface area contributed by atoms with E-state index >= 15 is 0 Å². The third-order valence-electron chi connectivity index (χ3n) is 3.64. The molecule has 1 heterocycles. The number of carbonyl (C=O) groups is 1. The van der Waals surface area contributed by atoms with Crippen molar-refractivity contribution in [3.8, 4) is 0 Å². The summed E-state index contributed by atoms with van der Waals surface area (Å²) in [4.78, 5) is 16.1. The van der Waals surface area contributed by atoms with Crippen molar-refractivity contribution in [2.45, 2.75) is 25.8 Å². The lowest BCUT2D eigenvalue weighted by atomic mass is 9.88. The summed E-state index contributed by atoms with van der Waals surface area (Å²) in [7, 11) is 6.03. The number of likely N-dealkylation sites (tertiary alicyclic amines) is 1. The first kappa shape index (κ1) is 13.5. The molecule has 1 atom stereocenters. The molecule has 0 aromatic rings. The van der Waals surface area contributed by atoms with Crippen LogP contribution in [0, 0.1) is 5.92 Å². The number of rotatable bonds is 5. The molecule has 0 aromatic carbocycles. The standard InChI is InChI=1S/C12H25N3O/c1-12(2)10(9-13-3)8-11(16)15(12)7-6-14(4)5/h10,13H,6-9H2,1-5H3. The Balaban J connectivity index is 2.65. The zero-order chi connectivity index (χ0) is 12.3. The average molecular weight is 227 g/mol. The maximum Gasteiger partial charge on any atom is 0.223 e. The summed E-state index contributed by atoms with van der Waals surface area (Å²) < 4.78 is 0. The molecule has 4 nitrogen and oxygen atoms in total. The highest BCUT2D eigenvalue weighted by molar-refractivity contribution is 5.80. The maximum atomic E-state index is 12.0. The van der Waals surface area contributed by atoms with Crippen molar-refractivity contribution in [2.75, 3.05) is 40.8 Å². The van der Waals surface area contributed by atoms with Gasteiger partial charge in [-0.15, -0.1) is 0 Å². The number of likely N-dealkylation sites (N-methyl/N-ethyl adjacent to an activating group) is 1. The number of nitrogens with one attached hydrogen (secondary N) is 1. The van der Waals surface area contributed by atoms with Crippen molar-refractivity contribution in [2.24, 2.45) is 5.92 Å². The van der Waals surface area contributed by atoms with Crippen molar-refractivity contribution < 1.29 is 4.79 Å². The van der Waals surface area contributed by atoms with Gasteiger partial charge in [0.05, 0.1) is 0 Å². The molecule has 1 rings (SSSR count). The molecule has 1 saturated heterocycles. The molecule has 0 aliphatic carbocycles. The van der Waals surface area contributed by atoms with Crippen LogP contribution in [-0.2, 0) is 4.79 Å². The highest BCUT2D eigenvalue weighted by Gasteiger charge is 2.45. The molecular formula is C12H25N3O. The van der Waals surface area contributed by atoms with Gasteiger partial charge in [0.2, 0.25) is 5.91 Å². The second kappa shape index (κ2) is 5.15. The van der Waals surface area contributed by atoms with Crippen LogP contribution in [0.2, 0.25) is 0 Å². The Morgan fingerprint density at radius 1 is 1.50 bits per heavy atom. The normalized spacial score (nSPS) is 24.5. The second-order valence-corrected chi connectivity index (χ2v) is 5.46. The van der Waals surface area contributed by atoms with E-state index in [1.165, 1.54) is 0 Å². The smallest absolute Gasteiger partial charge is 0.223 e. The highest BCUT2D eigenvalue weighted by atomic mass is 16.2. The summed E-state index contributed by atoms with van der Waals surface area (Å²) in [5.74, 6) is 0.722. The topological polar surface area (TPSA) is 35.6 Å². The van der Waals surface area contributed by atoms with E-state index in [1.807, 2.05) is 26.0 Å². The molecule has 1 fully saturated rings. The molecule has 0 spiro atoms. The quantitative estimate of drug-likeness (QED) is 0.738. The summed E-state index contributed by atoms with van der Waals surface area (Å²) >= 11 is 0. The van der Waals surface area contributed by atoms with E-state index in [9.17, 15) is 4.79 Å². The number of carbonyl (C=O) groups excluding carboxylic acids is 1. The molecule has 0 radical (unpaired) electrons. The lowest BCUT2D eigenvalue weighted by molar-refractivity contribution is -0.130. The summed E-state index contributed by atoms with van der Waals surface area (Å²) in [5, 5.41) is 3.18. The highest BCUT2D eigenvalue weighted by Crippen LogP contribution is 2.34. The Labute approximate surface area is 99.0 Å². The Bertz CT molecular complexity index is 251. The number of amides is 1. The van der Waals surface area contributed by atoms with Gasteiger partial charge in [-0.2, -0.15) is 0 Å². The molecule has 4 heteroatoms. The van der Waals surface area contributed by atoms with E-state index in [0.717, 1.165) is 19.6 Å². The number of nitrogens with zero attached hydrogens (tertiary/aromatic N) is 2. The van der Waals surface area contributed by atoms with Gasteiger partial charge in [-0.1, -0.05) is 0 Å². The van der Waals surface area contributed by atoms with Crippen molar-refractivity contribution >= 4 is 5.91 Å². The van der Waals surface area contributed by atoms with Crippen LogP contribution >= 0.6 is 0 Å². The minimum atomic E-state index is -0.0178. The Hall–Kier alpha value is -0.610. The largest absolute Gasteiger partial charge is 0.336 e. The molecule has 94 valence electrons. The molecule has 0 aromatic heterocycles. The summed E-state index contributed by atoms with van der Waals surface area (Å²) in [5.41, 5.74) is -0.0178. The van der Waals surface area contributed by atoms with Gasteiger partial charge in [0, 0.05) is 37.5 Å². The van der Waals surface area contributed by atoms with Crippen LogP contribution < -0.4 is 5.32 Å². The zero-order valence-corrected chi connectivity index (χ0v) is 11.2. The van der Waals surface area contributed by atoms with Gasteiger partial charge in [-0.05, 0) is 35.0 Å². The van der Waals surface area contributed by atoms with Gasteiger partial charge < -0.3 is 15.1 Å². The average Bonchev–Trinajstić information content (AvgIpc) is 2.35. The fraction of sp³-hybridized carbons (Fsp3) is 0.917. The minimum Gasteiger partial charge on any atom is -0.336 e. The van der Waals surface area contributed by atoms with Gasteiger partial charge in [0.25, 0.3) is 0 Å². The van der Waals surface area contributed by atoms with E-state index < -0.39 is 0 Å². The molecule has 1 N–H and O–H groups in total. The van der Waals surface area contributed by atoms with Gasteiger partial charge >= 0.3 is 0 Å². The molecule has 1 amide bonds. The summed E-state index contributed by atoms with van der Waals surface area (Å²) in [6.45, 7) is 7.03. The van der Waals surface area contributed by atoms with Crippen LogP contribution in [-0.4, -0.2) is 62.0 Å². The lowest BCUT2D eigenvalue weighted by Crippen LogP contribution is -2.48. The van der Waals surface area contributed by atoms with Crippen LogP contribution in [0.3, 0.4) is 0 Å². The fourth-order valence-corrected chi connectivity index (χ4v) is 2.39. The first-order chi connectivity index (χ1) is 7.39. The van der Waals surface area contributed by atoms with Crippen molar-refractivity contribution in [3.05, 3.63) is 0 Å². The molecule has 1 aliphatic heterocycles. The molecule has 1 unspecified atom stereocenters. The van der Waals surface area contributed by atoms with Gasteiger partial charge in [0.1, 0.15) is 0 Å². The van der Waals surface area contributed by atoms with Crippen LogP contribution in [0.5, 0.6) is 0 Å². The Morgan fingerprint density at radius 2 is 2.12 bits per heavy atom. The van der Waals surface area contributed by atoms with Crippen LogP contribution in [0.15, 0.2) is 0 Å². The van der Waals surface area contributed by atoms with E-state index in [0.29, 0.717) is 18.2 Å². The zero-order valence-electron chi connectivity index (χ0n) is 11.2.